The van der Waals surface area contributed by atoms with Gasteiger partial charge in [-0.25, -0.2) is 4.79 Å². The van der Waals surface area contributed by atoms with E-state index in [1.807, 2.05) is 23.1 Å². The Morgan fingerprint density at radius 2 is 1.76 bits per heavy atom. The van der Waals surface area contributed by atoms with Crippen molar-refractivity contribution in [3.8, 4) is 11.5 Å². The van der Waals surface area contributed by atoms with Crippen molar-refractivity contribution in [1.29, 1.82) is 0 Å². The molecule has 1 saturated heterocycles. The molecule has 1 fully saturated rings. The highest BCUT2D eigenvalue weighted by molar-refractivity contribution is 6.05. The van der Waals surface area contributed by atoms with Gasteiger partial charge in [-0.1, -0.05) is 35.9 Å². The van der Waals surface area contributed by atoms with Crippen LogP contribution in [0.1, 0.15) is 27.9 Å². The minimum atomic E-state index is -0.250. The number of fused-ring (bicyclic) bond motifs is 1. The lowest BCUT2D eigenvalue weighted by atomic mass is 10.1. The maximum absolute atomic E-state index is 13.2. The standard InChI is InChI=1S/C27H27N3O4/c1-19-5-2-6-20(15-19)18-29-11-4-12-30(27(29)32)23-8-3-7-21(16-23)26(31)28-22-9-10-24-25(17-22)34-14-13-33-24/h2-3,5-10,15-17H,4,11-14,18H2,1H3,(H,28,31). The molecule has 0 aliphatic carbocycles. The zero-order valence-corrected chi connectivity index (χ0v) is 19.1. The van der Waals surface area contributed by atoms with Gasteiger partial charge in [-0.2, -0.15) is 0 Å². The molecule has 0 unspecified atom stereocenters. The fraction of sp³-hybridized carbons (Fsp3) is 0.259. The Hall–Kier alpha value is -4.00. The first-order valence-corrected chi connectivity index (χ1v) is 11.5. The Labute approximate surface area is 198 Å². The van der Waals surface area contributed by atoms with Crippen LogP contribution in [0.5, 0.6) is 11.5 Å². The van der Waals surface area contributed by atoms with Gasteiger partial charge in [0, 0.05) is 42.6 Å². The number of carbonyl (C=O) groups excluding carboxylic acids is 2. The molecule has 0 aromatic heterocycles. The summed E-state index contributed by atoms with van der Waals surface area (Å²) in [6.45, 7) is 4.96. The van der Waals surface area contributed by atoms with E-state index in [0.29, 0.717) is 61.3 Å². The number of ether oxygens (including phenoxy) is 2. The summed E-state index contributed by atoms with van der Waals surface area (Å²) in [5.74, 6) is 1.04. The van der Waals surface area contributed by atoms with E-state index < -0.39 is 0 Å². The summed E-state index contributed by atoms with van der Waals surface area (Å²) in [6, 6.07) is 20.7. The SMILES string of the molecule is Cc1cccc(CN2CCCN(c3cccc(C(=O)Nc4ccc5c(c4)OCCO5)c3)C2=O)c1. The largest absolute Gasteiger partial charge is 0.486 e. The van der Waals surface area contributed by atoms with E-state index in [-0.39, 0.29) is 11.9 Å². The van der Waals surface area contributed by atoms with Gasteiger partial charge in [0.15, 0.2) is 11.5 Å². The number of amides is 3. The van der Waals surface area contributed by atoms with Gasteiger partial charge in [0.25, 0.3) is 5.91 Å². The molecule has 3 amide bonds. The zero-order chi connectivity index (χ0) is 23.5. The van der Waals surface area contributed by atoms with Crippen molar-refractivity contribution in [2.45, 2.75) is 19.9 Å². The summed E-state index contributed by atoms with van der Waals surface area (Å²) in [5, 5.41) is 2.91. The smallest absolute Gasteiger partial charge is 0.324 e. The summed E-state index contributed by atoms with van der Waals surface area (Å²) < 4.78 is 11.1. The molecule has 3 aromatic rings. The number of anilines is 2. The van der Waals surface area contributed by atoms with Gasteiger partial charge in [0.1, 0.15) is 13.2 Å². The summed E-state index contributed by atoms with van der Waals surface area (Å²) in [7, 11) is 0. The number of aryl methyl sites for hydroxylation is 1. The molecule has 7 heteroatoms. The molecular formula is C27H27N3O4. The molecule has 2 aliphatic heterocycles. The average Bonchev–Trinajstić information content (AvgIpc) is 2.85. The van der Waals surface area contributed by atoms with Gasteiger partial charge in [-0.3, -0.25) is 9.69 Å². The Balaban J connectivity index is 1.30. The van der Waals surface area contributed by atoms with Crippen molar-refractivity contribution in [3.05, 3.63) is 83.4 Å². The molecule has 1 N–H and O–H groups in total. The Morgan fingerprint density at radius 1 is 0.941 bits per heavy atom. The van der Waals surface area contributed by atoms with Crippen LogP contribution in [0.4, 0.5) is 16.2 Å². The van der Waals surface area contributed by atoms with Crippen molar-refractivity contribution in [3.63, 3.8) is 0 Å². The van der Waals surface area contributed by atoms with Gasteiger partial charge in [-0.15, -0.1) is 0 Å². The fourth-order valence-electron chi connectivity index (χ4n) is 4.34. The quantitative estimate of drug-likeness (QED) is 0.595. The summed E-state index contributed by atoms with van der Waals surface area (Å²) in [5.41, 5.74) is 4.11. The molecule has 0 spiro atoms. The maximum Gasteiger partial charge on any atom is 0.324 e. The molecule has 2 heterocycles. The molecule has 34 heavy (non-hydrogen) atoms. The first-order chi connectivity index (χ1) is 16.6. The second-order valence-corrected chi connectivity index (χ2v) is 8.56. The van der Waals surface area contributed by atoms with Crippen molar-refractivity contribution in [2.24, 2.45) is 0 Å². The number of urea groups is 1. The molecule has 174 valence electrons. The Morgan fingerprint density at radius 3 is 2.62 bits per heavy atom. The van der Waals surface area contributed by atoms with Crippen molar-refractivity contribution >= 4 is 23.3 Å². The van der Waals surface area contributed by atoms with Gasteiger partial charge in [0.05, 0.1) is 0 Å². The van der Waals surface area contributed by atoms with E-state index in [4.69, 9.17) is 9.47 Å². The highest BCUT2D eigenvalue weighted by Crippen LogP contribution is 2.33. The highest BCUT2D eigenvalue weighted by atomic mass is 16.6. The number of nitrogens with zero attached hydrogens (tertiary/aromatic N) is 2. The molecule has 0 bridgehead atoms. The molecule has 2 aliphatic rings. The fourth-order valence-corrected chi connectivity index (χ4v) is 4.34. The number of rotatable bonds is 5. The summed E-state index contributed by atoms with van der Waals surface area (Å²) >= 11 is 0. The average molecular weight is 458 g/mol. The van der Waals surface area contributed by atoms with E-state index >= 15 is 0 Å². The summed E-state index contributed by atoms with van der Waals surface area (Å²) in [4.78, 5) is 29.8. The van der Waals surface area contributed by atoms with Crippen LogP contribution >= 0.6 is 0 Å². The van der Waals surface area contributed by atoms with Crippen LogP contribution in [-0.2, 0) is 6.54 Å². The van der Waals surface area contributed by atoms with Crippen LogP contribution in [0, 0.1) is 6.92 Å². The van der Waals surface area contributed by atoms with E-state index in [2.05, 4.69) is 24.4 Å². The van der Waals surface area contributed by atoms with E-state index in [0.717, 1.165) is 12.0 Å². The number of carbonyl (C=O) groups is 2. The van der Waals surface area contributed by atoms with Crippen molar-refractivity contribution < 1.29 is 19.1 Å². The minimum Gasteiger partial charge on any atom is -0.486 e. The van der Waals surface area contributed by atoms with Crippen LogP contribution < -0.4 is 19.7 Å². The minimum absolute atomic E-state index is 0.0443. The third-order valence-corrected chi connectivity index (χ3v) is 5.99. The van der Waals surface area contributed by atoms with E-state index in [1.165, 1.54) is 5.56 Å². The van der Waals surface area contributed by atoms with E-state index in [1.54, 1.807) is 41.3 Å². The van der Waals surface area contributed by atoms with Gasteiger partial charge < -0.3 is 19.7 Å². The Kier molecular flexibility index (Phi) is 6.08. The molecule has 3 aromatic carbocycles. The predicted octanol–water partition coefficient (Wildman–Crippen LogP) is 4.85. The Bertz CT molecular complexity index is 1230. The van der Waals surface area contributed by atoms with Crippen LogP contribution in [0.2, 0.25) is 0 Å². The highest BCUT2D eigenvalue weighted by Gasteiger charge is 2.27. The normalized spacial score (nSPS) is 15.3. The van der Waals surface area contributed by atoms with Crippen molar-refractivity contribution in [2.75, 3.05) is 36.5 Å². The second kappa shape index (κ2) is 9.47. The lowest BCUT2D eigenvalue weighted by Crippen LogP contribution is -2.49. The van der Waals surface area contributed by atoms with E-state index in [9.17, 15) is 9.59 Å². The first-order valence-electron chi connectivity index (χ1n) is 11.5. The van der Waals surface area contributed by atoms with Crippen molar-refractivity contribution in [1.82, 2.24) is 4.90 Å². The number of hydrogen-bond acceptors (Lipinski definition) is 4. The molecule has 7 nitrogen and oxygen atoms in total. The zero-order valence-electron chi connectivity index (χ0n) is 19.1. The third kappa shape index (κ3) is 4.69. The third-order valence-electron chi connectivity index (χ3n) is 5.99. The first kappa shape index (κ1) is 21.8. The van der Waals surface area contributed by atoms with Crippen LogP contribution in [0.3, 0.4) is 0 Å². The second-order valence-electron chi connectivity index (χ2n) is 8.56. The number of benzene rings is 3. The summed E-state index contributed by atoms with van der Waals surface area (Å²) in [6.07, 6.45) is 0.866. The molecular weight excluding hydrogens is 430 g/mol. The number of hydrogen-bond donors (Lipinski definition) is 1. The van der Waals surface area contributed by atoms with Crippen LogP contribution in [0.25, 0.3) is 0 Å². The topological polar surface area (TPSA) is 71.1 Å². The maximum atomic E-state index is 13.2. The monoisotopic (exact) mass is 457 g/mol. The van der Waals surface area contributed by atoms with Gasteiger partial charge in [-0.05, 0) is 49.2 Å². The molecule has 0 saturated carbocycles. The van der Waals surface area contributed by atoms with Crippen LogP contribution in [0.15, 0.2) is 66.7 Å². The lowest BCUT2D eigenvalue weighted by Gasteiger charge is -2.36. The predicted molar refractivity (Wildman–Crippen MR) is 131 cm³/mol. The molecule has 5 rings (SSSR count). The van der Waals surface area contributed by atoms with Crippen LogP contribution in [-0.4, -0.2) is 43.1 Å². The molecule has 0 atom stereocenters. The van der Waals surface area contributed by atoms with Gasteiger partial charge in [0.2, 0.25) is 0 Å². The lowest BCUT2D eigenvalue weighted by molar-refractivity contribution is 0.102. The molecule has 0 radical (unpaired) electrons. The number of nitrogens with one attached hydrogen (secondary N) is 1. The van der Waals surface area contributed by atoms with Gasteiger partial charge >= 0.3 is 6.03 Å².